The van der Waals surface area contributed by atoms with E-state index in [1.54, 1.807) is 0 Å². The number of rotatable bonds is 9. The fourth-order valence-corrected chi connectivity index (χ4v) is 4.63. The summed E-state index contributed by atoms with van der Waals surface area (Å²) < 4.78 is 5.87. The minimum Gasteiger partial charge on any atom is -0.378 e. The number of guanidine groups is 1. The zero-order valence-electron chi connectivity index (χ0n) is 19.5. The maximum absolute atomic E-state index is 5.87. The molecule has 7 heteroatoms. The third-order valence-electron chi connectivity index (χ3n) is 6.60. The van der Waals surface area contributed by atoms with Crippen LogP contribution in [0.3, 0.4) is 0 Å². The first-order chi connectivity index (χ1) is 13.5. The van der Waals surface area contributed by atoms with Crippen molar-refractivity contribution in [3.8, 4) is 0 Å². The molecule has 0 aromatic heterocycles. The van der Waals surface area contributed by atoms with Gasteiger partial charge in [-0.15, -0.1) is 24.0 Å². The van der Waals surface area contributed by atoms with E-state index in [0.29, 0.717) is 12.0 Å². The molecule has 172 valence electrons. The normalized spacial score (nSPS) is 22.2. The van der Waals surface area contributed by atoms with E-state index in [9.17, 15) is 0 Å². The number of aliphatic imine (C=N–C) groups is 1. The molecule has 0 aliphatic carbocycles. The molecule has 2 heterocycles. The van der Waals surface area contributed by atoms with Gasteiger partial charge < -0.3 is 20.3 Å². The number of nitrogens with zero attached hydrogens (tertiary/aromatic N) is 3. The molecule has 2 aliphatic rings. The highest BCUT2D eigenvalue weighted by molar-refractivity contribution is 14.0. The van der Waals surface area contributed by atoms with E-state index in [0.717, 1.165) is 32.1 Å². The first-order valence-electron chi connectivity index (χ1n) is 11.5. The summed E-state index contributed by atoms with van der Waals surface area (Å²) in [6, 6.07) is 0. The SMILES string of the molecule is CCOC(CCNC(=NC)NCC1(N2CCCCC2)CCN(C)CC1)C(C)C.I. The van der Waals surface area contributed by atoms with E-state index >= 15 is 0 Å². The molecule has 1 atom stereocenters. The van der Waals surface area contributed by atoms with Gasteiger partial charge in [-0.25, -0.2) is 0 Å². The highest BCUT2D eigenvalue weighted by atomic mass is 127. The lowest BCUT2D eigenvalue weighted by molar-refractivity contribution is 0.0171. The maximum atomic E-state index is 5.87. The second-order valence-corrected chi connectivity index (χ2v) is 8.95. The highest BCUT2D eigenvalue weighted by Gasteiger charge is 2.39. The quantitative estimate of drug-likeness (QED) is 0.276. The topological polar surface area (TPSA) is 52.1 Å². The van der Waals surface area contributed by atoms with Crippen molar-refractivity contribution in [2.75, 3.05) is 60.0 Å². The lowest BCUT2D eigenvalue weighted by Gasteiger charge is -2.50. The lowest BCUT2D eigenvalue weighted by Crippen LogP contribution is -2.62. The molecule has 0 saturated carbocycles. The van der Waals surface area contributed by atoms with E-state index in [1.165, 1.54) is 58.3 Å². The Labute approximate surface area is 196 Å². The molecule has 0 aromatic rings. The standard InChI is InChI=1S/C22H45N5O.HI/c1-6-28-20(19(2)3)10-13-24-21(23-4)25-18-22(11-16-26(5)17-12-22)27-14-8-7-9-15-27;/h19-20H,6-18H2,1-5H3,(H2,23,24,25);1H. The van der Waals surface area contributed by atoms with Gasteiger partial charge in [0.2, 0.25) is 0 Å². The number of piperidine rings is 2. The molecule has 6 nitrogen and oxygen atoms in total. The highest BCUT2D eigenvalue weighted by Crippen LogP contribution is 2.30. The fourth-order valence-electron chi connectivity index (χ4n) is 4.63. The zero-order valence-corrected chi connectivity index (χ0v) is 21.8. The second kappa shape index (κ2) is 14.0. The van der Waals surface area contributed by atoms with E-state index in [4.69, 9.17) is 4.74 Å². The van der Waals surface area contributed by atoms with Gasteiger partial charge in [0.05, 0.1) is 6.10 Å². The van der Waals surface area contributed by atoms with Gasteiger partial charge in [-0.3, -0.25) is 9.89 Å². The first-order valence-corrected chi connectivity index (χ1v) is 11.5. The Hall–Kier alpha value is -0.120. The average molecular weight is 524 g/mol. The summed E-state index contributed by atoms with van der Waals surface area (Å²) in [6.45, 7) is 14.1. The van der Waals surface area contributed by atoms with Gasteiger partial charge in [-0.1, -0.05) is 20.3 Å². The van der Waals surface area contributed by atoms with Gasteiger partial charge in [0.25, 0.3) is 0 Å². The number of likely N-dealkylation sites (tertiary alicyclic amines) is 2. The van der Waals surface area contributed by atoms with Crippen LogP contribution in [0, 0.1) is 5.92 Å². The van der Waals surface area contributed by atoms with Crippen molar-refractivity contribution < 1.29 is 4.74 Å². The van der Waals surface area contributed by atoms with Crippen molar-refractivity contribution in [3.05, 3.63) is 0 Å². The Morgan fingerprint density at radius 2 is 1.72 bits per heavy atom. The van der Waals surface area contributed by atoms with E-state index in [-0.39, 0.29) is 29.5 Å². The van der Waals surface area contributed by atoms with Crippen molar-refractivity contribution in [3.63, 3.8) is 0 Å². The van der Waals surface area contributed by atoms with Crippen molar-refractivity contribution in [2.45, 2.75) is 70.9 Å². The van der Waals surface area contributed by atoms with E-state index in [1.807, 2.05) is 7.05 Å². The van der Waals surface area contributed by atoms with Crippen LogP contribution in [0.25, 0.3) is 0 Å². The van der Waals surface area contributed by atoms with Crippen LogP contribution in [-0.2, 0) is 4.74 Å². The summed E-state index contributed by atoms with van der Waals surface area (Å²) in [6.07, 6.45) is 7.88. The second-order valence-electron chi connectivity index (χ2n) is 8.95. The number of ether oxygens (including phenoxy) is 1. The molecule has 0 bridgehead atoms. The molecule has 0 amide bonds. The van der Waals surface area contributed by atoms with Crippen LogP contribution in [0.4, 0.5) is 0 Å². The summed E-state index contributed by atoms with van der Waals surface area (Å²) in [5, 5.41) is 7.18. The Morgan fingerprint density at radius 1 is 1.07 bits per heavy atom. The average Bonchev–Trinajstić information content (AvgIpc) is 2.71. The van der Waals surface area contributed by atoms with Crippen molar-refractivity contribution in [2.24, 2.45) is 10.9 Å². The Kier molecular flexibility index (Phi) is 13.0. The number of hydrogen-bond donors (Lipinski definition) is 2. The number of halogens is 1. The van der Waals surface area contributed by atoms with Crippen molar-refractivity contribution in [1.82, 2.24) is 20.4 Å². The summed E-state index contributed by atoms with van der Waals surface area (Å²) in [5.41, 5.74) is 0.274. The van der Waals surface area contributed by atoms with Crippen LogP contribution in [0.1, 0.15) is 59.3 Å². The Morgan fingerprint density at radius 3 is 2.28 bits per heavy atom. The van der Waals surface area contributed by atoms with Crippen LogP contribution in [0.15, 0.2) is 4.99 Å². The third kappa shape index (κ3) is 8.50. The van der Waals surface area contributed by atoms with Crippen LogP contribution >= 0.6 is 24.0 Å². The van der Waals surface area contributed by atoms with Gasteiger partial charge in [0.15, 0.2) is 5.96 Å². The Balaban J connectivity index is 0.00000420. The van der Waals surface area contributed by atoms with Crippen molar-refractivity contribution >= 4 is 29.9 Å². The monoisotopic (exact) mass is 523 g/mol. The predicted molar refractivity (Wildman–Crippen MR) is 135 cm³/mol. The number of nitrogens with one attached hydrogen (secondary N) is 2. The lowest BCUT2D eigenvalue weighted by atomic mass is 9.84. The van der Waals surface area contributed by atoms with Crippen LogP contribution in [0.2, 0.25) is 0 Å². The first kappa shape index (κ1) is 26.9. The van der Waals surface area contributed by atoms with Gasteiger partial charge in [0, 0.05) is 32.3 Å². The molecule has 0 aromatic carbocycles. The van der Waals surface area contributed by atoms with Crippen molar-refractivity contribution in [1.29, 1.82) is 0 Å². The molecule has 0 radical (unpaired) electrons. The van der Waals surface area contributed by atoms with Gasteiger partial charge >= 0.3 is 0 Å². The van der Waals surface area contributed by atoms with Crippen LogP contribution < -0.4 is 10.6 Å². The summed E-state index contributed by atoms with van der Waals surface area (Å²) in [7, 11) is 4.12. The molecule has 1 unspecified atom stereocenters. The maximum Gasteiger partial charge on any atom is 0.191 e. The summed E-state index contributed by atoms with van der Waals surface area (Å²) in [5.74, 6) is 1.47. The zero-order chi connectivity index (χ0) is 20.4. The molecule has 2 N–H and O–H groups in total. The smallest absolute Gasteiger partial charge is 0.191 e. The molecule has 0 spiro atoms. The van der Waals surface area contributed by atoms with Gasteiger partial charge in [0.1, 0.15) is 0 Å². The van der Waals surface area contributed by atoms with E-state index < -0.39 is 0 Å². The van der Waals surface area contributed by atoms with Gasteiger partial charge in [-0.2, -0.15) is 0 Å². The van der Waals surface area contributed by atoms with E-state index in [2.05, 4.69) is 53.2 Å². The molecular formula is C22H46IN5O. The molecule has 2 rings (SSSR count). The molecule has 2 aliphatic heterocycles. The third-order valence-corrected chi connectivity index (χ3v) is 6.60. The minimum atomic E-state index is 0. The largest absolute Gasteiger partial charge is 0.378 e. The van der Waals surface area contributed by atoms with Crippen LogP contribution in [0.5, 0.6) is 0 Å². The number of hydrogen-bond acceptors (Lipinski definition) is 4. The fraction of sp³-hybridized carbons (Fsp3) is 0.955. The molecule has 29 heavy (non-hydrogen) atoms. The molecule has 2 saturated heterocycles. The Bertz CT molecular complexity index is 460. The summed E-state index contributed by atoms with van der Waals surface area (Å²) in [4.78, 5) is 9.71. The molecule has 2 fully saturated rings. The summed E-state index contributed by atoms with van der Waals surface area (Å²) >= 11 is 0. The molecular weight excluding hydrogens is 477 g/mol. The van der Waals surface area contributed by atoms with Gasteiger partial charge in [-0.05, 0) is 78.2 Å². The predicted octanol–water partition coefficient (Wildman–Crippen LogP) is 3.17. The minimum absolute atomic E-state index is 0. The van der Waals surface area contributed by atoms with Crippen LogP contribution in [-0.4, -0.2) is 87.4 Å².